The zero-order valence-corrected chi connectivity index (χ0v) is 14.4. The Hall–Kier alpha value is -1.43. The minimum absolute atomic E-state index is 0.0888. The quantitative estimate of drug-likeness (QED) is 0.858. The standard InChI is InChI=1S/C17H24N2O2S/c1-17(2,3)16-19-13(11-22-16)9-18-10-15(20)12-5-7-14(21-4)8-6-12/h5-8,11,15,18,20H,9-10H2,1-4H3. The van der Waals surface area contributed by atoms with Crippen molar-refractivity contribution in [2.75, 3.05) is 13.7 Å². The molecule has 120 valence electrons. The highest BCUT2D eigenvalue weighted by molar-refractivity contribution is 7.09. The van der Waals surface area contributed by atoms with Gasteiger partial charge in [0.25, 0.3) is 0 Å². The zero-order chi connectivity index (χ0) is 16.2. The molecule has 0 saturated carbocycles. The first-order chi connectivity index (χ1) is 10.4. The SMILES string of the molecule is COc1ccc(C(O)CNCc2csc(C(C)(C)C)n2)cc1. The molecule has 22 heavy (non-hydrogen) atoms. The number of nitrogens with one attached hydrogen (secondary N) is 1. The van der Waals surface area contributed by atoms with Crippen LogP contribution in [0.2, 0.25) is 0 Å². The molecule has 5 heteroatoms. The summed E-state index contributed by atoms with van der Waals surface area (Å²) in [5.74, 6) is 0.793. The van der Waals surface area contributed by atoms with Crippen molar-refractivity contribution in [1.29, 1.82) is 0 Å². The number of aromatic nitrogens is 1. The molecule has 0 fully saturated rings. The monoisotopic (exact) mass is 320 g/mol. The first-order valence-electron chi connectivity index (χ1n) is 7.38. The second-order valence-electron chi connectivity index (χ2n) is 6.31. The Morgan fingerprint density at radius 3 is 2.50 bits per heavy atom. The smallest absolute Gasteiger partial charge is 0.118 e. The number of nitrogens with zero attached hydrogens (tertiary/aromatic N) is 1. The Kier molecular flexibility index (Phi) is 5.56. The van der Waals surface area contributed by atoms with Gasteiger partial charge in [-0.2, -0.15) is 0 Å². The lowest BCUT2D eigenvalue weighted by atomic mass is 9.98. The molecule has 1 aromatic carbocycles. The molecule has 4 nitrogen and oxygen atoms in total. The topological polar surface area (TPSA) is 54.4 Å². The number of aliphatic hydroxyl groups excluding tert-OH is 1. The Bertz CT molecular complexity index is 587. The third kappa shape index (κ3) is 4.53. The molecular weight excluding hydrogens is 296 g/mol. The van der Waals surface area contributed by atoms with E-state index in [1.807, 2.05) is 24.3 Å². The summed E-state index contributed by atoms with van der Waals surface area (Å²) in [5.41, 5.74) is 1.99. The van der Waals surface area contributed by atoms with Crippen LogP contribution in [0.15, 0.2) is 29.6 Å². The van der Waals surface area contributed by atoms with E-state index in [4.69, 9.17) is 4.74 Å². The van der Waals surface area contributed by atoms with Crippen molar-refractivity contribution in [3.05, 3.63) is 45.9 Å². The van der Waals surface area contributed by atoms with Gasteiger partial charge in [0.05, 0.1) is 23.9 Å². The number of hydrogen-bond donors (Lipinski definition) is 2. The summed E-state index contributed by atoms with van der Waals surface area (Å²) in [6, 6.07) is 7.47. The molecule has 2 rings (SSSR count). The van der Waals surface area contributed by atoms with Crippen molar-refractivity contribution in [2.24, 2.45) is 0 Å². The molecule has 1 heterocycles. The van der Waals surface area contributed by atoms with Gasteiger partial charge in [-0.3, -0.25) is 0 Å². The van der Waals surface area contributed by atoms with Crippen LogP contribution in [0.3, 0.4) is 0 Å². The van der Waals surface area contributed by atoms with Crippen molar-refractivity contribution in [1.82, 2.24) is 10.3 Å². The van der Waals surface area contributed by atoms with Gasteiger partial charge in [-0.25, -0.2) is 4.98 Å². The van der Waals surface area contributed by atoms with Crippen LogP contribution in [0.5, 0.6) is 5.75 Å². The van der Waals surface area contributed by atoms with Crippen LogP contribution in [0.25, 0.3) is 0 Å². The van der Waals surface area contributed by atoms with E-state index in [2.05, 4.69) is 36.5 Å². The number of hydrogen-bond acceptors (Lipinski definition) is 5. The first kappa shape index (κ1) is 16.9. The van der Waals surface area contributed by atoms with Gasteiger partial charge in [0.1, 0.15) is 5.75 Å². The molecule has 1 atom stereocenters. The second-order valence-corrected chi connectivity index (χ2v) is 7.17. The fraction of sp³-hybridized carbons (Fsp3) is 0.471. The van der Waals surface area contributed by atoms with E-state index in [-0.39, 0.29) is 5.41 Å². The van der Waals surface area contributed by atoms with Gasteiger partial charge in [-0.15, -0.1) is 11.3 Å². The molecule has 0 amide bonds. The van der Waals surface area contributed by atoms with E-state index in [1.54, 1.807) is 18.4 Å². The maximum atomic E-state index is 10.2. The van der Waals surface area contributed by atoms with Crippen LogP contribution in [0, 0.1) is 0 Å². The van der Waals surface area contributed by atoms with E-state index < -0.39 is 6.10 Å². The molecule has 0 radical (unpaired) electrons. The maximum Gasteiger partial charge on any atom is 0.118 e. The molecule has 0 spiro atoms. The van der Waals surface area contributed by atoms with Crippen molar-refractivity contribution in [3.8, 4) is 5.75 Å². The van der Waals surface area contributed by atoms with E-state index in [0.717, 1.165) is 22.0 Å². The Morgan fingerprint density at radius 2 is 1.95 bits per heavy atom. The van der Waals surface area contributed by atoms with Crippen molar-refractivity contribution in [3.63, 3.8) is 0 Å². The van der Waals surface area contributed by atoms with Crippen LogP contribution in [0.4, 0.5) is 0 Å². The van der Waals surface area contributed by atoms with Crippen LogP contribution in [0.1, 0.15) is 43.1 Å². The Labute approximate surface area is 136 Å². The van der Waals surface area contributed by atoms with Crippen LogP contribution >= 0.6 is 11.3 Å². The van der Waals surface area contributed by atoms with Gasteiger partial charge in [0.2, 0.25) is 0 Å². The first-order valence-corrected chi connectivity index (χ1v) is 8.25. The number of rotatable bonds is 6. The molecule has 0 saturated heterocycles. The summed E-state index contributed by atoms with van der Waals surface area (Å²) < 4.78 is 5.11. The Balaban J connectivity index is 1.83. The van der Waals surface area contributed by atoms with Gasteiger partial charge in [-0.05, 0) is 17.7 Å². The van der Waals surface area contributed by atoms with Crippen molar-refractivity contribution < 1.29 is 9.84 Å². The van der Waals surface area contributed by atoms with Gasteiger partial charge < -0.3 is 15.2 Å². The number of ether oxygens (including phenoxy) is 1. The molecule has 1 unspecified atom stereocenters. The number of methoxy groups -OCH3 is 1. The molecular formula is C17H24N2O2S. The average molecular weight is 320 g/mol. The maximum absolute atomic E-state index is 10.2. The van der Waals surface area contributed by atoms with Crippen molar-refractivity contribution >= 4 is 11.3 Å². The van der Waals surface area contributed by atoms with E-state index in [0.29, 0.717) is 13.1 Å². The van der Waals surface area contributed by atoms with Gasteiger partial charge in [0.15, 0.2) is 0 Å². The molecule has 0 aliphatic carbocycles. The lowest BCUT2D eigenvalue weighted by molar-refractivity contribution is 0.174. The largest absolute Gasteiger partial charge is 0.497 e. The molecule has 2 aromatic rings. The number of aliphatic hydroxyl groups is 1. The zero-order valence-electron chi connectivity index (χ0n) is 13.6. The van der Waals surface area contributed by atoms with Crippen LogP contribution in [-0.4, -0.2) is 23.7 Å². The molecule has 0 aliphatic rings. The minimum Gasteiger partial charge on any atom is -0.497 e. The third-order valence-electron chi connectivity index (χ3n) is 3.34. The second kappa shape index (κ2) is 7.22. The molecule has 1 aromatic heterocycles. The van der Waals surface area contributed by atoms with Crippen LogP contribution < -0.4 is 10.1 Å². The lowest BCUT2D eigenvalue weighted by Gasteiger charge is -2.14. The normalized spacial score (nSPS) is 13.1. The number of benzene rings is 1. The summed E-state index contributed by atoms with van der Waals surface area (Å²) >= 11 is 1.69. The minimum atomic E-state index is -0.536. The average Bonchev–Trinajstić information content (AvgIpc) is 2.96. The Morgan fingerprint density at radius 1 is 1.27 bits per heavy atom. The van der Waals surface area contributed by atoms with E-state index in [1.165, 1.54) is 0 Å². The lowest BCUT2D eigenvalue weighted by Crippen LogP contribution is -2.21. The number of thiazole rings is 1. The van der Waals surface area contributed by atoms with Crippen molar-refractivity contribution in [2.45, 2.75) is 38.8 Å². The van der Waals surface area contributed by atoms with Gasteiger partial charge in [0, 0.05) is 23.9 Å². The van der Waals surface area contributed by atoms with Gasteiger partial charge >= 0.3 is 0 Å². The predicted molar refractivity (Wildman–Crippen MR) is 90.5 cm³/mol. The highest BCUT2D eigenvalue weighted by Crippen LogP contribution is 2.25. The molecule has 0 bridgehead atoms. The fourth-order valence-corrected chi connectivity index (χ4v) is 2.92. The van der Waals surface area contributed by atoms with Gasteiger partial charge in [-0.1, -0.05) is 32.9 Å². The van der Waals surface area contributed by atoms with E-state index >= 15 is 0 Å². The predicted octanol–water partition coefficient (Wildman–Crippen LogP) is 3.27. The summed E-state index contributed by atoms with van der Waals surface area (Å²) in [6.07, 6.45) is -0.536. The summed E-state index contributed by atoms with van der Waals surface area (Å²) in [7, 11) is 1.63. The van der Waals surface area contributed by atoms with Crippen LogP contribution in [-0.2, 0) is 12.0 Å². The highest BCUT2D eigenvalue weighted by atomic mass is 32.1. The molecule has 2 N–H and O–H groups in total. The van der Waals surface area contributed by atoms with E-state index in [9.17, 15) is 5.11 Å². The summed E-state index contributed by atoms with van der Waals surface area (Å²) in [6.45, 7) is 7.65. The third-order valence-corrected chi connectivity index (χ3v) is 4.65. The highest BCUT2D eigenvalue weighted by Gasteiger charge is 2.17. The fourth-order valence-electron chi connectivity index (χ4n) is 2.01. The summed E-state index contributed by atoms with van der Waals surface area (Å²) in [5, 5.41) is 16.6. The summed E-state index contributed by atoms with van der Waals surface area (Å²) in [4.78, 5) is 4.63. The molecule has 0 aliphatic heterocycles.